The van der Waals surface area contributed by atoms with Crippen molar-refractivity contribution in [3.63, 3.8) is 0 Å². The van der Waals surface area contributed by atoms with Gasteiger partial charge in [0, 0.05) is 24.6 Å². The monoisotopic (exact) mass is 404 g/mol. The van der Waals surface area contributed by atoms with Crippen molar-refractivity contribution in [3.8, 4) is 23.0 Å². The highest BCUT2D eigenvalue weighted by Gasteiger charge is 2.04. The largest absolute Gasteiger partial charge is 0.497 e. The van der Waals surface area contributed by atoms with E-state index in [0.717, 1.165) is 22.6 Å². The normalized spacial score (nSPS) is 11.1. The molecule has 0 spiro atoms. The van der Waals surface area contributed by atoms with Crippen molar-refractivity contribution in [1.29, 1.82) is 0 Å². The third-order valence-electron chi connectivity index (χ3n) is 4.41. The Hall–Kier alpha value is -3.80. The summed E-state index contributed by atoms with van der Waals surface area (Å²) in [5, 5.41) is 0. The van der Waals surface area contributed by atoms with Gasteiger partial charge in [-0.1, -0.05) is 24.3 Å². The van der Waals surface area contributed by atoms with Crippen molar-refractivity contribution in [1.82, 2.24) is 0 Å². The molecule has 0 radical (unpaired) electrons. The van der Waals surface area contributed by atoms with E-state index in [1.807, 2.05) is 60.7 Å². The summed E-state index contributed by atoms with van der Waals surface area (Å²) in [5.41, 5.74) is 3.31. The highest BCUT2D eigenvalue weighted by Crippen LogP contribution is 2.32. The Balaban J connectivity index is 1.76. The van der Waals surface area contributed by atoms with Crippen LogP contribution >= 0.6 is 0 Å². The highest BCUT2D eigenvalue weighted by atomic mass is 16.5. The zero-order valence-electron chi connectivity index (χ0n) is 17.5. The second kappa shape index (κ2) is 10.1. The number of rotatable bonds is 8. The van der Waals surface area contributed by atoms with Gasteiger partial charge in [0.2, 0.25) is 0 Å². The molecule has 0 heterocycles. The van der Waals surface area contributed by atoms with E-state index < -0.39 is 0 Å². The molecule has 0 saturated carbocycles. The molecule has 6 heteroatoms. The number of aliphatic imine (C=N–C) groups is 2. The Labute approximate surface area is 176 Å². The second-order valence-electron chi connectivity index (χ2n) is 6.26. The molecule has 0 aromatic heterocycles. The molecule has 3 aromatic rings. The third kappa shape index (κ3) is 5.17. The summed E-state index contributed by atoms with van der Waals surface area (Å²) in [6.07, 6.45) is 3.56. The number of hydrogen-bond donors (Lipinski definition) is 0. The topological polar surface area (TPSA) is 61.6 Å². The molecule has 0 atom stereocenters. The first-order chi connectivity index (χ1) is 14.7. The Kier molecular flexibility index (Phi) is 7.05. The molecule has 3 aromatic carbocycles. The van der Waals surface area contributed by atoms with Crippen LogP contribution in [0.3, 0.4) is 0 Å². The Morgan fingerprint density at radius 2 is 0.933 bits per heavy atom. The Morgan fingerprint density at radius 1 is 0.533 bits per heavy atom. The van der Waals surface area contributed by atoms with Crippen LogP contribution in [0.15, 0.2) is 70.6 Å². The zero-order valence-corrected chi connectivity index (χ0v) is 17.5. The van der Waals surface area contributed by atoms with Gasteiger partial charge in [0.25, 0.3) is 0 Å². The van der Waals surface area contributed by atoms with Crippen molar-refractivity contribution >= 4 is 23.8 Å². The summed E-state index contributed by atoms with van der Waals surface area (Å²) in [5.74, 6) is 2.82. The highest BCUT2D eigenvalue weighted by molar-refractivity contribution is 5.87. The van der Waals surface area contributed by atoms with E-state index in [9.17, 15) is 0 Å². The summed E-state index contributed by atoms with van der Waals surface area (Å²) >= 11 is 0. The SMILES string of the molecule is COc1ccc(OC)c(N=Cc2ccc(C=Nc3cc(OC)ccc3OC)cc2)c1. The number of nitrogens with zero attached hydrogens (tertiary/aromatic N) is 2. The van der Waals surface area contributed by atoms with Crippen molar-refractivity contribution in [2.75, 3.05) is 28.4 Å². The first kappa shape index (κ1) is 20.9. The predicted molar refractivity (Wildman–Crippen MR) is 120 cm³/mol. The fourth-order valence-electron chi connectivity index (χ4n) is 2.75. The van der Waals surface area contributed by atoms with E-state index in [1.54, 1.807) is 40.9 Å². The summed E-state index contributed by atoms with van der Waals surface area (Å²) in [7, 11) is 6.48. The average Bonchev–Trinajstić information content (AvgIpc) is 2.81. The molecule has 0 fully saturated rings. The zero-order chi connectivity index (χ0) is 21.3. The van der Waals surface area contributed by atoms with Crippen LogP contribution in [0.2, 0.25) is 0 Å². The van der Waals surface area contributed by atoms with Crippen LogP contribution in [0.5, 0.6) is 23.0 Å². The van der Waals surface area contributed by atoms with E-state index in [0.29, 0.717) is 22.9 Å². The first-order valence-corrected chi connectivity index (χ1v) is 9.29. The fourth-order valence-corrected chi connectivity index (χ4v) is 2.75. The number of hydrogen-bond acceptors (Lipinski definition) is 6. The van der Waals surface area contributed by atoms with Gasteiger partial charge in [-0.15, -0.1) is 0 Å². The van der Waals surface area contributed by atoms with Gasteiger partial charge < -0.3 is 18.9 Å². The minimum Gasteiger partial charge on any atom is -0.497 e. The number of benzene rings is 3. The standard InChI is InChI=1S/C24H24N2O4/c1-27-19-9-11-23(29-3)21(13-19)25-15-17-5-7-18(8-6-17)16-26-22-14-20(28-2)10-12-24(22)30-4/h5-16H,1-4H3. The first-order valence-electron chi connectivity index (χ1n) is 9.29. The average molecular weight is 404 g/mol. The van der Waals surface area contributed by atoms with Gasteiger partial charge in [0.15, 0.2) is 0 Å². The van der Waals surface area contributed by atoms with Crippen molar-refractivity contribution in [3.05, 3.63) is 71.8 Å². The lowest BCUT2D eigenvalue weighted by molar-refractivity contribution is 0.404. The van der Waals surface area contributed by atoms with Gasteiger partial charge in [0.05, 0.1) is 28.4 Å². The van der Waals surface area contributed by atoms with E-state index in [-0.39, 0.29) is 0 Å². The number of methoxy groups -OCH3 is 4. The van der Waals surface area contributed by atoms with E-state index in [2.05, 4.69) is 9.98 Å². The number of ether oxygens (including phenoxy) is 4. The molecule has 6 nitrogen and oxygen atoms in total. The maximum atomic E-state index is 5.36. The van der Waals surface area contributed by atoms with Gasteiger partial charge in [-0.25, -0.2) is 0 Å². The van der Waals surface area contributed by atoms with Crippen LogP contribution in [0.4, 0.5) is 11.4 Å². The Bertz CT molecular complexity index is 959. The van der Waals surface area contributed by atoms with Gasteiger partial charge in [-0.3, -0.25) is 9.98 Å². The van der Waals surface area contributed by atoms with Crippen molar-refractivity contribution in [2.45, 2.75) is 0 Å². The molecule has 0 bridgehead atoms. The minimum absolute atomic E-state index is 0.683. The van der Waals surface area contributed by atoms with Gasteiger partial charge in [0.1, 0.15) is 34.4 Å². The molecule has 0 N–H and O–H groups in total. The summed E-state index contributed by atoms with van der Waals surface area (Å²) < 4.78 is 21.2. The molecule has 30 heavy (non-hydrogen) atoms. The van der Waals surface area contributed by atoms with Crippen LogP contribution in [-0.4, -0.2) is 40.9 Å². The van der Waals surface area contributed by atoms with Gasteiger partial charge in [-0.05, 0) is 35.4 Å². The van der Waals surface area contributed by atoms with Gasteiger partial charge in [-0.2, -0.15) is 0 Å². The quantitative estimate of drug-likeness (QED) is 0.483. The maximum Gasteiger partial charge on any atom is 0.144 e. The molecular formula is C24H24N2O4. The van der Waals surface area contributed by atoms with Crippen molar-refractivity contribution in [2.24, 2.45) is 9.98 Å². The fraction of sp³-hybridized carbons (Fsp3) is 0.167. The lowest BCUT2D eigenvalue weighted by Crippen LogP contribution is -1.88. The van der Waals surface area contributed by atoms with Crippen LogP contribution in [0.25, 0.3) is 0 Å². The molecule has 0 aliphatic carbocycles. The molecule has 0 saturated heterocycles. The lowest BCUT2D eigenvalue weighted by atomic mass is 10.1. The summed E-state index contributed by atoms with van der Waals surface area (Å²) in [4.78, 5) is 9.05. The molecule has 0 unspecified atom stereocenters. The third-order valence-corrected chi connectivity index (χ3v) is 4.41. The summed E-state index contributed by atoms with van der Waals surface area (Å²) in [6.45, 7) is 0. The molecule has 0 amide bonds. The van der Waals surface area contributed by atoms with Gasteiger partial charge >= 0.3 is 0 Å². The maximum absolute atomic E-state index is 5.36. The van der Waals surface area contributed by atoms with E-state index in [4.69, 9.17) is 18.9 Å². The van der Waals surface area contributed by atoms with E-state index in [1.165, 1.54) is 0 Å². The van der Waals surface area contributed by atoms with E-state index >= 15 is 0 Å². The minimum atomic E-state index is 0.683. The van der Waals surface area contributed by atoms with Crippen LogP contribution in [-0.2, 0) is 0 Å². The molecule has 0 aliphatic rings. The molecule has 0 aliphatic heterocycles. The van der Waals surface area contributed by atoms with Crippen LogP contribution in [0.1, 0.15) is 11.1 Å². The Morgan fingerprint density at radius 3 is 1.27 bits per heavy atom. The predicted octanol–water partition coefficient (Wildman–Crippen LogP) is 5.22. The van der Waals surface area contributed by atoms with Crippen LogP contribution < -0.4 is 18.9 Å². The molecule has 154 valence electrons. The molecule has 3 rings (SSSR count). The summed E-state index contributed by atoms with van der Waals surface area (Å²) in [6, 6.07) is 18.9. The smallest absolute Gasteiger partial charge is 0.144 e. The van der Waals surface area contributed by atoms with Crippen molar-refractivity contribution < 1.29 is 18.9 Å². The molecular weight excluding hydrogens is 380 g/mol. The second-order valence-corrected chi connectivity index (χ2v) is 6.26. The van der Waals surface area contributed by atoms with Crippen LogP contribution in [0, 0.1) is 0 Å². The lowest BCUT2D eigenvalue weighted by Gasteiger charge is -2.07.